The summed E-state index contributed by atoms with van der Waals surface area (Å²) in [6.45, 7) is 2.09. The number of pyridine rings is 1. The molecule has 0 saturated carbocycles. The molecule has 3 rings (SSSR count). The number of hydrogen-bond acceptors (Lipinski definition) is 2. The number of para-hydroxylation sites is 1. The molecule has 0 spiro atoms. The van der Waals surface area contributed by atoms with Crippen molar-refractivity contribution >= 4 is 22.4 Å². The van der Waals surface area contributed by atoms with Gasteiger partial charge in [0.1, 0.15) is 5.82 Å². The molecule has 0 atom stereocenters. The molecule has 0 saturated heterocycles. The molecule has 2 heteroatoms. The van der Waals surface area contributed by atoms with Crippen LogP contribution in [0.1, 0.15) is 5.56 Å². The van der Waals surface area contributed by atoms with Crippen LogP contribution in [0.15, 0.2) is 60.7 Å². The van der Waals surface area contributed by atoms with E-state index in [9.17, 15) is 0 Å². The van der Waals surface area contributed by atoms with Gasteiger partial charge in [-0.3, -0.25) is 0 Å². The van der Waals surface area contributed by atoms with Crippen molar-refractivity contribution in [3.05, 3.63) is 66.2 Å². The van der Waals surface area contributed by atoms with Gasteiger partial charge in [-0.2, -0.15) is 0 Å². The summed E-state index contributed by atoms with van der Waals surface area (Å²) in [4.78, 5) is 4.60. The van der Waals surface area contributed by atoms with Crippen LogP contribution in [-0.2, 0) is 0 Å². The van der Waals surface area contributed by atoms with E-state index in [2.05, 4.69) is 41.5 Å². The molecule has 0 aliphatic rings. The molecule has 0 aliphatic carbocycles. The van der Waals surface area contributed by atoms with E-state index in [4.69, 9.17) is 0 Å². The van der Waals surface area contributed by atoms with Gasteiger partial charge in [-0.1, -0.05) is 29.8 Å². The maximum atomic E-state index is 4.60. The molecule has 0 aliphatic heterocycles. The van der Waals surface area contributed by atoms with Crippen molar-refractivity contribution in [1.29, 1.82) is 0 Å². The second-order valence-electron chi connectivity index (χ2n) is 4.38. The third kappa shape index (κ3) is 2.18. The van der Waals surface area contributed by atoms with Crippen molar-refractivity contribution in [2.75, 3.05) is 5.32 Å². The zero-order valence-electron chi connectivity index (χ0n) is 10.2. The second kappa shape index (κ2) is 4.49. The normalized spacial score (nSPS) is 10.5. The van der Waals surface area contributed by atoms with Gasteiger partial charge in [0.15, 0.2) is 0 Å². The minimum atomic E-state index is 0.873. The number of anilines is 2. The monoisotopic (exact) mass is 234 g/mol. The molecule has 0 unspecified atom stereocenters. The average Bonchev–Trinajstić information content (AvgIpc) is 2.40. The average molecular weight is 234 g/mol. The zero-order valence-corrected chi connectivity index (χ0v) is 10.2. The van der Waals surface area contributed by atoms with E-state index in [0.717, 1.165) is 17.0 Å². The number of aryl methyl sites for hydroxylation is 1. The smallest absolute Gasteiger partial charge is 0.131 e. The summed E-state index contributed by atoms with van der Waals surface area (Å²) in [6.07, 6.45) is 0. The summed E-state index contributed by atoms with van der Waals surface area (Å²) in [5.41, 5.74) is 3.33. The summed E-state index contributed by atoms with van der Waals surface area (Å²) >= 11 is 0. The number of aromatic nitrogens is 1. The number of fused-ring (bicyclic) bond motifs is 1. The van der Waals surface area contributed by atoms with E-state index in [1.165, 1.54) is 10.9 Å². The van der Waals surface area contributed by atoms with E-state index < -0.39 is 0 Å². The van der Waals surface area contributed by atoms with Gasteiger partial charge in [-0.15, -0.1) is 0 Å². The first-order valence-corrected chi connectivity index (χ1v) is 6.01. The molecule has 1 aromatic heterocycles. The molecular formula is C16H14N2. The first-order chi connectivity index (χ1) is 8.81. The number of hydrogen-bond donors (Lipinski definition) is 1. The Hall–Kier alpha value is -2.35. The van der Waals surface area contributed by atoms with E-state index in [1.54, 1.807) is 0 Å². The van der Waals surface area contributed by atoms with Gasteiger partial charge in [0.2, 0.25) is 0 Å². The summed E-state index contributed by atoms with van der Waals surface area (Å²) < 4.78 is 0. The fraction of sp³-hybridized carbons (Fsp3) is 0.0625. The molecule has 0 bridgehead atoms. The maximum absolute atomic E-state index is 4.60. The standard InChI is InChI=1S/C16H14N2/c1-12-7-9-15-13(11-12)8-10-16(18-15)17-14-5-3-2-4-6-14/h2-11H,1H3,(H,17,18). The predicted molar refractivity (Wildman–Crippen MR) is 76.2 cm³/mol. The third-order valence-corrected chi connectivity index (χ3v) is 2.89. The topological polar surface area (TPSA) is 24.9 Å². The first-order valence-electron chi connectivity index (χ1n) is 6.01. The van der Waals surface area contributed by atoms with E-state index in [-0.39, 0.29) is 0 Å². The van der Waals surface area contributed by atoms with Crippen LogP contribution in [0.2, 0.25) is 0 Å². The van der Waals surface area contributed by atoms with Crippen molar-refractivity contribution in [2.45, 2.75) is 6.92 Å². The fourth-order valence-electron chi connectivity index (χ4n) is 1.98. The van der Waals surface area contributed by atoms with Crippen LogP contribution in [0.25, 0.3) is 10.9 Å². The van der Waals surface area contributed by atoms with Crippen molar-refractivity contribution in [3.63, 3.8) is 0 Å². The Morgan fingerprint density at radius 3 is 2.56 bits per heavy atom. The van der Waals surface area contributed by atoms with Gasteiger partial charge in [0.05, 0.1) is 5.52 Å². The van der Waals surface area contributed by atoms with Gasteiger partial charge in [0.25, 0.3) is 0 Å². The number of nitrogens with zero attached hydrogens (tertiary/aromatic N) is 1. The van der Waals surface area contributed by atoms with Gasteiger partial charge in [-0.25, -0.2) is 4.98 Å². The molecule has 1 N–H and O–H groups in total. The quantitative estimate of drug-likeness (QED) is 0.715. The Morgan fingerprint density at radius 2 is 1.72 bits per heavy atom. The highest BCUT2D eigenvalue weighted by Crippen LogP contribution is 2.19. The fourth-order valence-corrected chi connectivity index (χ4v) is 1.98. The highest BCUT2D eigenvalue weighted by Gasteiger charge is 1.99. The number of nitrogens with one attached hydrogen (secondary N) is 1. The lowest BCUT2D eigenvalue weighted by molar-refractivity contribution is 1.36. The van der Waals surface area contributed by atoms with Crippen LogP contribution in [0, 0.1) is 6.92 Å². The van der Waals surface area contributed by atoms with Gasteiger partial charge in [0, 0.05) is 11.1 Å². The minimum Gasteiger partial charge on any atom is -0.340 e. The van der Waals surface area contributed by atoms with E-state index >= 15 is 0 Å². The molecule has 0 amide bonds. The highest BCUT2D eigenvalue weighted by molar-refractivity contribution is 5.81. The molecule has 3 aromatic rings. The predicted octanol–water partition coefficient (Wildman–Crippen LogP) is 4.29. The van der Waals surface area contributed by atoms with E-state index in [0.29, 0.717) is 0 Å². The Bertz CT molecular complexity index is 675. The van der Waals surface area contributed by atoms with Gasteiger partial charge < -0.3 is 5.32 Å². The van der Waals surface area contributed by atoms with Crippen LogP contribution in [0.3, 0.4) is 0 Å². The van der Waals surface area contributed by atoms with Crippen molar-refractivity contribution in [2.24, 2.45) is 0 Å². The van der Waals surface area contributed by atoms with Crippen LogP contribution >= 0.6 is 0 Å². The van der Waals surface area contributed by atoms with Crippen LogP contribution in [0.5, 0.6) is 0 Å². The van der Waals surface area contributed by atoms with Crippen molar-refractivity contribution in [1.82, 2.24) is 4.98 Å². The SMILES string of the molecule is Cc1ccc2nc(Nc3ccccc3)ccc2c1. The number of benzene rings is 2. The molecule has 2 nitrogen and oxygen atoms in total. The van der Waals surface area contributed by atoms with Crippen molar-refractivity contribution in [3.8, 4) is 0 Å². The largest absolute Gasteiger partial charge is 0.340 e. The summed E-state index contributed by atoms with van der Waals surface area (Å²) in [7, 11) is 0. The molecule has 88 valence electrons. The summed E-state index contributed by atoms with van der Waals surface area (Å²) in [5, 5.41) is 4.47. The minimum absolute atomic E-state index is 0.873. The molecular weight excluding hydrogens is 220 g/mol. The first kappa shape index (κ1) is 10.8. The van der Waals surface area contributed by atoms with Gasteiger partial charge >= 0.3 is 0 Å². The van der Waals surface area contributed by atoms with Crippen molar-refractivity contribution < 1.29 is 0 Å². The summed E-state index contributed by atoms with van der Waals surface area (Å²) in [5.74, 6) is 0.873. The Labute approximate surface area is 106 Å². The Kier molecular flexibility index (Phi) is 2.69. The molecule has 0 radical (unpaired) electrons. The maximum Gasteiger partial charge on any atom is 0.131 e. The molecule has 1 heterocycles. The molecule has 0 fully saturated rings. The Balaban J connectivity index is 1.96. The number of rotatable bonds is 2. The lowest BCUT2D eigenvalue weighted by atomic mass is 10.1. The Morgan fingerprint density at radius 1 is 0.889 bits per heavy atom. The summed E-state index contributed by atoms with van der Waals surface area (Å²) in [6, 6.07) is 20.5. The molecule has 18 heavy (non-hydrogen) atoms. The highest BCUT2D eigenvalue weighted by atomic mass is 15.0. The zero-order chi connectivity index (χ0) is 12.4. The van der Waals surface area contributed by atoms with Crippen LogP contribution in [0.4, 0.5) is 11.5 Å². The van der Waals surface area contributed by atoms with Gasteiger partial charge in [-0.05, 0) is 43.3 Å². The second-order valence-corrected chi connectivity index (χ2v) is 4.38. The third-order valence-electron chi connectivity index (χ3n) is 2.89. The van der Waals surface area contributed by atoms with Crippen LogP contribution in [-0.4, -0.2) is 4.98 Å². The lowest BCUT2D eigenvalue weighted by Gasteiger charge is -2.06. The van der Waals surface area contributed by atoms with E-state index in [1.807, 2.05) is 36.4 Å². The van der Waals surface area contributed by atoms with Crippen LogP contribution < -0.4 is 5.32 Å². The lowest BCUT2D eigenvalue weighted by Crippen LogP contribution is -1.93. The molecule has 2 aromatic carbocycles.